The van der Waals surface area contributed by atoms with Crippen LogP contribution in [0.5, 0.6) is 5.75 Å². The molecule has 0 aliphatic carbocycles. The Morgan fingerprint density at radius 2 is 1.89 bits per heavy atom. The van der Waals surface area contributed by atoms with E-state index in [4.69, 9.17) is 10.5 Å². The summed E-state index contributed by atoms with van der Waals surface area (Å²) >= 11 is 0. The number of ether oxygens (including phenoxy) is 1. The Labute approximate surface area is 106 Å². The van der Waals surface area contributed by atoms with Gasteiger partial charge in [0.1, 0.15) is 17.5 Å². The van der Waals surface area contributed by atoms with Gasteiger partial charge in [0.25, 0.3) is 0 Å². The van der Waals surface area contributed by atoms with E-state index in [1.54, 1.807) is 0 Å². The van der Waals surface area contributed by atoms with Crippen molar-refractivity contribution in [3.63, 3.8) is 0 Å². The summed E-state index contributed by atoms with van der Waals surface area (Å²) in [5.74, 6) is 0.757. The molecule has 0 saturated heterocycles. The lowest BCUT2D eigenvalue weighted by molar-refractivity contribution is -0.0103. The molecule has 3 N–H and O–H groups in total. The van der Waals surface area contributed by atoms with Gasteiger partial charge in [-0.25, -0.2) is 0 Å². The molecule has 0 radical (unpaired) electrons. The first-order valence-corrected chi connectivity index (χ1v) is 6.15. The molecular formula is C15H17NO2. The summed E-state index contributed by atoms with van der Waals surface area (Å²) in [6, 6.07) is 11.5. The Morgan fingerprint density at radius 3 is 2.67 bits per heavy atom. The minimum atomic E-state index is -0.687. The van der Waals surface area contributed by atoms with Gasteiger partial charge in [0.15, 0.2) is 0 Å². The van der Waals surface area contributed by atoms with Gasteiger partial charge in [-0.05, 0) is 19.2 Å². The van der Waals surface area contributed by atoms with E-state index in [0.29, 0.717) is 0 Å². The van der Waals surface area contributed by atoms with E-state index in [2.05, 4.69) is 0 Å². The van der Waals surface area contributed by atoms with Crippen molar-refractivity contribution in [2.75, 3.05) is 0 Å². The second kappa shape index (κ2) is 3.70. The lowest BCUT2D eigenvalue weighted by Gasteiger charge is -2.41. The van der Waals surface area contributed by atoms with Crippen molar-refractivity contribution in [3.05, 3.63) is 42.0 Å². The second-order valence-corrected chi connectivity index (χ2v) is 5.38. The van der Waals surface area contributed by atoms with Gasteiger partial charge >= 0.3 is 0 Å². The zero-order valence-corrected chi connectivity index (χ0v) is 10.6. The van der Waals surface area contributed by atoms with Gasteiger partial charge < -0.3 is 15.6 Å². The van der Waals surface area contributed by atoms with E-state index >= 15 is 0 Å². The van der Waals surface area contributed by atoms with Gasteiger partial charge in [-0.3, -0.25) is 0 Å². The second-order valence-electron chi connectivity index (χ2n) is 5.38. The lowest BCUT2D eigenvalue weighted by atomic mass is 9.85. The van der Waals surface area contributed by atoms with Gasteiger partial charge in [-0.1, -0.05) is 36.4 Å². The topological polar surface area (TPSA) is 55.5 Å². The number of fused-ring (bicyclic) bond motifs is 3. The quantitative estimate of drug-likeness (QED) is 0.747. The molecule has 18 heavy (non-hydrogen) atoms. The van der Waals surface area contributed by atoms with Gasteiger partial charge in [0.05, 0.1) is 6.04 Å². The first kappa shape index (κ1) is 11.5. The first-order chi connectivity index (χ1) is 8.50. The van der Waals surface area contributed by atoms with E-state index < -0.39 is 17.7 Å². The van der Waals surface area contributed by atoms with Crippen LogP contribution in [-0.4, -0.2) is 16.7 Å². The molecule has 0 saturated carbocycles. The highest BCUT2D eigenvalue weighted by atomic mass is 16.5. The van der Waals surface area contributed by atoms with Crippen LogP contribution in [0.3, 0.4) is 0 Å². The van der Waals surface area contributed by atoms with Gasteiger partial charge in [0, 0.05) is 10.9 Å². The molecule has 0 amide bonds. The van der Waals surface area contributed by atoms with Crippen molar-refractivity contribution in [2.45, 2.75) is 31.6 Å². The molecule has 94 valence electrons. The third kappa shape index (κ3) is 1.51. The van der Waals surface area contributed by atoms with Crippen LogP contribution in [0.1, 0.15) is 25.5 Å². The largest absolute Gasteiger partial charge is 0.485 e. The SMILES string of the molecule is CC1(C)Oc2c(ccc3ccccc23)C(O)C1N. The number of aliphatic hydroxyl groups is 1. The van der Waals surface area contributed by atoms with E-state index in [1.807, 2.05) is 50.2 Å². The van der Waals surface area contributed by atoms with E-state index in [0.717, 1.165) is 22.1 Å². The molecule has 3 heteroatoms. The third-order valence-electron chi connectivity index (χ3n) is 3.74. The highest BCUT2D eigenvalue weighted by molar-refractivity contribution is 5.90. The Kier molecular flexibility index (Phi) is 2.37. The summed E-state index contributed by atoms with van der Waals surface area (Å²) in [7, 11) is 0. The minimum Gasteiger partial charge on any atom is -0.485 e. The Balaban J connectivity index is 2.29. The number of nitrogens with two attached hydrogens (primary N) is 1. The molecule has 1 aliphatic rings. The summed E-state index contributed by atoms with van der Waals surface area (Å²) in [5.41, 5.74) is 6.25. The molecule has 0 fully saturated rings. The van der Waals surface area contributed by atoms with Crippen molar-refractivity contribution in [1.82, 2.24) is 0 Å². The smallest absolute Gasteiger partial charge is 0.133 e. The molecule has 2 atom stereocenters. The highest BCUT2D eigenvalue weighted by Gasteiger charge is 2.41. The Hall–Kier alpha value is -1.58. The molecule has 2 aromatic rings. The van der Waals surface area contributed by atoms with Crippen LogP contribution < -0.4 is 10.5 Å². The summed E-state index contributed by atoms with van der Waals surface area (Å²) in [6.45, 7) is 3.82. The highest BCUT2D eigenvalue weighted by Crippen LogP contribution is 2.42. The third-order valence-corrected chi connectivity index (χ3v) is 3.74. The summed E-state index contributed by atoms with van der Waals surface area (Å²) < 4.78 is 6.03. The van der Waals surface area contributed by atoms with Crippen molar-refractivity contribution >= 4 is 10.8 Å². The van der Waals surface area contributed by atoms with Gasteiger partial charge in [0.2, 0.25) is 0 Å². The predicted octanol–water partition coefficient (Wildman–Crippen LogP) is 2.37. The van der Waals surface area contributed by atoms with Crippen molar-refractivity contribution in [1.29, 1.82) is 0 Å². The van der Waals surface area contributed by atoms with Crippen LogP contribution >= 0.6 is 0 Å². The molecule has 2 unspecified atom stereocenters. The zero-order valence-electron chi connectivity index (χ0n) is 10.6. The summed E-state index contributed by atoms with van der Waals surface area (Å²) in [6.07, 6.45) is -0.687. The standard InChI is InChI=1S/C15H17NO2/c1-15(2)14(16)12(17)11-8-7-9-5-3-4-6-10(9)13(11)18-15/h3-8,12,14,17H,16H2,1-2H3. The maximum atomic E-state index is 10.3. The summed E-state index contributed by atoms with van der Waals surface area (Å²) in [5, 5.41) is 12.4. The Bertz CT molecular complexity index is 606. The number of rotatable bonds is 0. The summed E-state index contributed by atoms with van der Waals surface area (Å²) in [4.78, 5) is 0. The fourth-order valence-corrected chi connectivity index (χ4v) is 2.51. The molecule has 0 spiro atoms. The normalized spacial score (nSPS) is 25.6. The van der Waals surface area contributed by atoms with Gasteiger partial charge in [-0.2, -0.15) is 0 Å². The number of benzene rings is 2. The fraction of sp³-hybridized carbons (Fsp3) is 0.333. The van der Waals surface area contributed by atoms with Crippen LogP contribution in [-0.2, 0) is 0 Å². The molecule has 0 aromatic heterocycles. The van der Waals surface area contributed by atoms with Crippen molar-refractivity contribution < 1.29 is 9.84 Å². The molecule has 1 aliphatic heterocycles. The fourth-order valence-electron chi connectivity index (χ4n) is 2.51. The van der Waals surface area contributed by atoms with Crippen LogP contribution in [0.15, 0.2) is 36.4 Å². The minimum absolute atomic E-state index is 0.425. The van der Waals surface area contributed by atoms with E-state index in [1.165, 1.54) is 0 Å². The number of hydrogen-bond acceptors (Lipinski definition) is 3. The number of aliphatic hydroxyl groups excluding tert-OH is 1. The molecule has 3 nitrogen and oxygen atoms in total. The average Bonchev–Trinajstić information content (AvgIpc) is 2.36. The average molecular weight is 243 g/mol. The Morgan fingerprint density at radius 1 is 1.17 bits per heavy atom. The van der Waals surface area contributed by atoms with Crippen molar-refractivity contribution in [3.8, 4) is 5.75 Å². The molecule has 2 aromatic carbocycles. The monoisotopic (exact) mass is 243 g/mol. The lowest BCUT2D eigenvalue weighted by Crippen LogP contribution is -2.54. The van der Waals surface area contributed by atoms with Crippen LogP contribution in [0.2, 0.25) is 0 Å². The van der Waals surface area contributed by atoms with E-state index in [9.17, 15) is 5.11 Å². The first-order valence-electron chi connectivity index (χ1n) is 6.15. The van der Waals surface area contributed by atoms with Crippen LogP contribution in [0, 0.1) is 0 Å². The zero-order chi connectivity index (χ0) is 12.9. The molecule has 3 rings (SSSR count). The maximum absolute atomic E-state index is 10.3. The predicted molar refractivity (Wildman–Crippen MR) is 71.6 cm³/mol. The van der Waals surface area contributed by atoms with Crippen LogP contribution in [0.4, 0.5) is 0 Å². The molecule has 0 bridgehead atoms. The van der Waals surface area contributed by atoms with Crippen LogP contribution in [0.25, 0.3) is 10.8 Å². The van der Waals surface area contributed by atoms with Crippen molar-refractivity contribution in [2.24, 2.45) is 5.73 Å². The van der Waals surface area contributed by atoms with Gasteiger partial charge in [-0.15, -0.1) is 0 Å². The molecule has 1 heterocycles. The number of hydrogen-bond donors (Lipinski definition) is 2. The molecular weight excluding hydrogens is 226 g/mol. The van der Waals surface area contributed by atoms with E-state index in [-0.39, 0.29) is 0 Å². The maximum Gasteiger partial charge on any atom is 0.133 e.